The number of aromatic nitrogens is 3. The fraction of sp³-hybridized carbons (Fsp3) is 0.154. The van der Waals surface area contributed by atoms with E-state index in [0.29, 0.717) is 11.5 Å². The lowest BCUT2D eigenvalue weighted by Crippen LogP contribution is -2.34. The zero-order chi connectivity index (χ0) is 14.5. The van der Waals surface area contributed by atoms with Crippen LogP contribution in [0.4, 0.5) is 5.95 Å². The monoisotopic (exact) mass is 287 g/mol. The molecule has 0 saturated heterocycles. The minimum atomic E-state index is -0.333. The van der Waals surface area contributed by atoms with Gasteiger partial charge >= 0.3 is 0 Å². The molecule has 2 rings (SSSR count). The third-order valence-electron chi connectivity index (χ3n) is 2.36. The van der Waals surface area contributed by atoms with Crippen LogP contribution in [0.3, 0.4) is 0 Å². The average Bonchev–Trinajstić information content (AvgIpc) is 2.38. The van der Waals surface area contributed by atoms with Gasteiger partial charge in [-0.3, -0.25) is 15.1 Å². The van der Waals surface area contributed by atoms with E-state index in [1.54, 1.807) is 18.3 Å². The van der Waals surface area contributed by atoms with E-state index in [4.69, 9.17) is 12.2 Å². The molecule has 0 fully saturated rings. The molecule has 0 bridgehead atoms. The topological polar surface area (TPSA) is 79.8 Å². The quantitative estimate of drug-likeness (QED) is 0.817. The molecular weight excluding hydrogens is 274 g/mol. The summed E-state index contributed by atoms with van der Waals surface area (Å²) in [5.41, 5.74) is 2.07. The highest BCUT2D eigenvalue weighted by atomic mass is 32.1. The number of anilines is 1. The summed E-state index contributed by atoms with van der Waals surface area (Å²) < 4.78 is 0. The van der Waals surface area contributed by atoms with Crippen molar-refractivity contribution in [3.63, 3.8) is 0 Å². The van der Waals surface area contributed by atoms with E-state index in [-0.39, 0.29) is 11.0 Å². The molecule has 0 atom stereocenters. The maximum atomic E-state index is 11.9. The lowest BCUT2D eigenvalue weighted by molar-refractivity contribution is 0.0977. The minimum absolute atomic E-state index is 0.142. The lowest BCUT2D eigenvalue weighted by atomic mass is 10.3. The zero-order valence-electron chi connectivity index (χ0n) is 11.0. The van der Waals surface area contributed by atoms with Crippen LogP contribution in [0.2, 0.25) is 0 Å². The fourth-order valence-electron chi connectivity index (χ4n) is 1.59. The van der Waals surface area contributed by atoms with E-state index in [1.165, 1.54) is 6.20 Å². The number of aryl methyl sites for hydroxylation is 2. The smallest absolute Gasteiger partial charge is 0.258 e. The Morgan fingerprint density at radius 3 is 2.55 bits per heavy atom. The highest BCUT2D eigenvalue weighted by molar-refractivity contribution is 7.80. The summed E-state index contributed by atoms with van der Waals surface area (Å²) in [5.74, 6) is 0.0268. The Labute approximate surface area is 121 Å². The molecular formula is C13H13N5OS. The third-order valence-corrected chi connectivity index (χ3v) is 2.56. The van der Waals surface area contributed by atoms with E-state index in [9.17, 15) is 4.79 Å². The van der Waals surface area contributed by atoms with Crippen LogP contribution in [0.25, 0.3) is 0 Å². The van der Waals surface area contributed by atoms with Crippen LogP contribution in [0, 0.1) is 13.8 Å². The van der Waals surface area contributed by atoms with Gasteiger partial charge in [-0.25, -0.2) is 9.97 Å². The molecule has 2 aromatic heterocycles. The van der Waals surface area contributed by atoms with Gasteiger partial charge in [0.05, 0.1) is 5.56 Å². The van der Waals surface area contributed by atoms with Gasteiger partial charge in [-0.15, -0.1) is 0 Å². The molecule has 0 radical (unpaired) electrons. The van der Waals surface area contributed by atoms with Crippen molar-refractivity contribution < 1.29 is 4.79 Å². The van der Waals surface area contributed by atoms with Crippen LogP contribution in [-0.4, -0.2) is 26.0 Å². The van der Waals surface area contributed by atoms with Gasteiger partial charge in [-0.1, -0.05) is 0 Å². The van der Waals surface area contributed by atoms with Gasteiger partial charge in [-0.05, 0) is 44.3 Å². The molecule has 0 aliphatic heterocycles. The summed E-state index contributed by atoms with van der Waals surface area (Å²) in [6.45, 7) is 3.72. The number of hydrogen-bond donors (Lipinski definition) is 2. The number of nitrogens with one attached hydrogen (secondary N) is 2. The highest BCUT2D eigenvalue weighted by Crippen LogP contribution is 2.03. The second-order valence-corrected chi connectivity index (χ2v) is 4.53. The molecule has 7 heteroatoms. The minimum Gasteiger partial charge on any atom is -0.301 e. The highest BCUT2D eigenvalue weighted by Gasteiger charge is 2.09. The van der Waals surface area contributed by atoms with E-state index in [2.05, 4.69) is 25.6 Å². The van der Waals surface area contributed by atoms with Gasteiger partial charge in [0.25, 0.3) is 5.91 Å². The number of carbonyl (C=O) groups excluding carboxylic acids is 1. The van der Waals surface area contributed by atoms with E-state index < -0.39 is 0 Å². The van der Waals surface area contributed by atoms with Crippen LogP contribution >= 0.6 is 12.2 Å². The Hall–Kier alpha value is -2.41. The van der Waals surface area contributed by atoms with Crippen molar-refractivity contribution >= 4 is 29.2 Å². The summed E-state index contributed by atoms with van der Waals surface area (Å²) in [5, 5.41) is 5.47. The van der Waals surface area contributed by atoms with Crippen molar-refractivity contribution in [2.24, 2.45) is 0 Å². The average molecular weight is 287 g/mol. The Morgan fingerprint density at radius 1 is 1.25 bits per heavy atom. The van der Waals surface area contributed by atoms with Crippen LogP contribution in [-0.2, 0) is 0 Å². The largest absolute Gasteiger partial charge is 0.301 e. The molecule has 1 amide bonds. The van der Waals surface area contributed by atoms with Gasteiger partial charge in [0.15, 0.2) is 5.11 Å². The van der Waals surface area contributed by atoms with Gasteiger partial charge in [-0.2, -0.15) is 0 Å². The van der Waals surface area contributed by atoms with Crippen molar-refractivity contribution in [3.05, 3.63) is 47.5 Å². The molecule has 0 spiro atoms. The molecule has 0 aliphatic carbocycles. The molecule has 0 unspecified atom stereocenters. The van der Waals surface area contributed by atoms with E-state index in [0.717, 1.165) is 11.4 Å². The number of nitrogens with zero attached hydrogens (tertiary/aromatic N) is 3. The molecule has 0 aliphatic rings. The van der Waals surface area contributed by atoms with Crippen molar-refractivity contribution in [1.82, 2.24) is 20.3 Å². The third kappa shape index (κ3) is 3.79. The summed E-state index contributed by atoms with van der Waals surface area (Å²) in [4.78, 5) is 24.1. The number of pyridine rings is 1. The van der Waals surface area contributed by atoms with Crippen LogP contribution < -0.4 is 10.6 Å². The zero-order valence-corrected chi connectivity index (χ0v) is 11.9. The standard InChI is InChI=1S/C13H13N5OS/c1-8-6-9(2)16-12(15-8)18-13(20)17-11(19)10-4-3-5-14-7-10/h3-7H,1-2H3,(H2,15,16,17,18,19,20). The van der Waals surface area contributed by atoms with Crippen molar-refractivity contribution in [3.8, 4) is 0 Å². The maximum absolute atomic E-state index is 11.9. The summed E-state index contributed by atoms with van der Waals surface area (Å²) in [6, 6.07) is 5.18. The second kappa shape index (κ2) is 6.16. The molecule has 2 N–H and O–H groups in total. The molecule has 2 aromatic rings. The number of rotatable bonds is 2. The van der Waals surface area contributed by atoms with Crippen molar-refractivity contribution in [1.29, 1.82) is 0 Å². The van der Waals surface area contributed by atoms with Crippen LogP contribution in [0.5, 0.6) is 0 Å². The SMILES string of the molecule is Cc1cc(C)nc(NC(=S)NC(=O)c2cccnc2)n1. The molecule has 0 aromatic carbocycles. The first-order valence-electron chi connectivity index (χ1n) is 5.89. The normalized spacial score (nSPS) is 9.90. The molecule has 6 nitrogen and oxygen atoms in total. The predicted octanol–water partition coefficient (Wildman–Crippen LogP) is 1.62. The van der Waals surface area contributed by atoms with Gasteiger partial charge in [0.2, 0.25) is 5.95 Å². The summed E-state index contributed by atoms with van der Waals surface area (Å²) in [6.07, 6.45) is 3.06. The molecule has 0 saturated carbocycles. The van der Waals surface area contributed by atoms with Gasteiger partial charge < -0.3 is 5.32 Å². The number of hydrogen-bond acceptors (Lipinski definition) is 5. The first-order chi connectivity index (χ1) is 9.54. The number of carbonyl (C=O) groups is 1. The molecule has 102 valence electrons. The summed E-state index contributed by atoms with van der Waals surface area (Å²) >= 11 is 5.06. The van der Waals surface area contributed by atoms with Crippen molar-refractivity contribution in [2.75, 3.05) is 5.32 Å². The first kappa shape index (κ1) is 14.0. The number of amides is 1. The fourth-order valence-corrected chi connectivity index (χ4v) is 1.77. The summed E-state index contributed by atoms with van der Waals surface area (Å²) in [7, 11) is 0. The first-order valence-corrected chi connectivity index (χ1v) is 6.30. The second-order valence-electron chi connectivity index (χ2n) is 4.12. The predicted molar refractivity (Wildman–Crippen MR) is 79.4 cm³/mol. The van der Waals surface area contributed by atoms with Gasteiger partial charge in [0, 0.05) is 23.8 Å². The van der Waals surface area contributed by atoms with Crippen LogP contribution in [0.15, 0.2) is 30.6 Å². The van der Waals surface area contributed by atoms with Gasteiger partial charge in [0.1, 0.15) is 0 Å². The van der Waals surface area contributed by atoms with E-state index >= 15 is 0 Å². The lowest BCUT2D eigenvalue weighted by Gasteiger charge is -2.09. The Bertz CT molecular complexity index is 624. The Morgan fingerprint density at radius 2 is 1.95 bits per heavy atom. The molecule has 20 heavy (non-hydrogen) atoms. The Balaban J connectivity index is 2.01. The van der Waals surface area contributed by atoms with E-state index in [1.807, 2.05) is 19.9 Å². The van der Waals surface area contributed by atoms with Crippen LogP contribution in [0.1, 0.15) is 21.7 Å². The van der Waals surface area contributed by atoms with Crippen molar-refractivity contribution in [2.45, 2.75) is 13.8 Å². The Kier molecular flexibility index (Phi) is 4.31. The molecule has 2 heterocycles. The maximum Gasteiger partial charge on any atom is 0.258 e. The number of thiocarbonyl (C=S) groups is 1.